The van der Waals surface area contributed by atoms with E-state index in [1.165, 1.54) is 4.90 Å². The third kappa shape index (κ3) is 5.07. The van der Waals surface area contributed by atoms with Crippen LogP contribution in [0.15, 0.2) is 30.5 Å². The van der Waals surface area contributed by atoms with Crippen LogP contribution < -0.4 is 27.0 Å². The number of nitrogen functional groups attached to an aromatic ring is 2. The number of nitrogens with two attached hydrogens (primary N) is 2. The number of nitrogens with one attached hydrogen (secondary N) is 2. The number of benzene rings is 1. The summed E-state index contributed by atoms with van der Waals surface area (Å²) >= 11 is 0. The van der Waals surface area contributed by atoms with E-state index in [9.17, 15) is 22.4 Å². The highest BCUT2D eigenvalue weighted by Gasteiger charge is 2.36. The number of alkyl halides is 3. The van der Waals surface area contributed by atoms with Crippen LogP contribution in [-0.4, -0.2) is 55.9 Å². The minimum absolute atomic E-state index is 0.100. The molecule has 1 atom stereocenters. The van der Waals surface area contributed by atoms with Crippen LogP contribution in [0.3, 0.4) is 0 Å². The molecule has 11 nitrogen and oxygen atoms in total. The quantitative estimate of drug-likeness (QED) is 0.305. The molecule has 1 aliphatic heterocycles. The lowest BCUT2D eigenvalue weighted by Gasteiger charge is -2.25. The second kappa shape index (κ2) is 8.99. The molecule has 0 saturated carbocycles. The largest absolute Gasteiger partial charge is 0.405 e. The molecular weight excluding hydrogens is 460 g/mol. The highest BCUT2D eigenvalue weighted by atomic mass is 19.4. The highest BCUT2D eigenvalue weighted by molar-refractivity contribution is 5.85. The van der Waals surface area contributed by atoms with Gasteiger partial charge in [0.15, 0.2) is 11.6 Å². The van der Waals surface area contributed by atoms with Gasteiger partial charge in [-0.1, -0.05) is 6.07 Å². The van der Waals surface area contributed by atoms with Gasteiger partial charge >= 0.3 is 6.18 Å². The molecule has 1 amide bonds. The highest BCUT2D eigenvalue weighted by Crippen LogP contribution is 2.27. The Balaban J connectivity index is 1.57. The van der Waals surface area contributed by atoms with Gasteiger partial charge in [0.25, 0.3) is 5.95 Å². The first-order chi connectivity index (χ1) is 16.1. The molecule has 2 aromatic heterocycles. The lowest BCUT2D eigenvalue weighted by molar-refractivity contribution is -0.139. The molecule has 180 valence electrons. The predicted octanol–water partition coefficient (Wildman–Crippen LogP) is 1.75. The Kier molecular flexibility index (Phi) is 6.08. The Morgan fingerprint density at radius 2 is 2.03 bits per heavy atom. The van der Waals surface area contributed by atoms with Crippen molar-refractivity contribution < 1.29 is 22.4 Å². The second-order valence-corrected chi connectivity index (χ2v) is 7.48. The van der Waals surface area contributed by atoms with Crippen LogP contribution in [-0.2, 0) is 4.79 Å². The van der Waals surface area contributed by atoms with Crippen molar-refractivity contribution in [1.29, 1.82) is 0 Å². The molecule has 0 aliphatic carbocycles. The van der Waals surface area contributed by atoms with Crippen LogP contribution >= 0.6 is 0 Å². The van der Waals surface area contributed by atoms with E-state index in [0.717, 1.165) is 10.9 Å². The van der Waals surface area contributed by atoms with E-state index < -0.39 is 30.5 Å². The first-order valence-electron chi connectivity index (χ1n) is 10.1. The van der Waals surface area contributed by atoms with Gasteiger partial charge in [-0.05, 0) is 31.0 Å². The molecule has 0 radical (unpaired) electrons. The summed E-state index contributed by atoms with van der Waals surface area (Å²) in [7, 11) is 0. The van der Waals surface area contributed by atoms with Crippen molar-refractivity contribution in [3.05, 3.63) is 36.3 Å². The standard InChI is InChI=1S/C19H20F4N10O/c20-12-8-26-18(33-16(25)30-17(31-33)28-11-4-1-3-10(24)7-11)29-14(12)32-6-2-5-13(32)15(34)27-9-19(21,22)23/h1,3-4,7-8,13H,2,5-6,9,24H2,(H,27,34)(H3,25,28,30,31). The topological polar surface area (TPSA) is 153 Å². The molecule has 3 heterocycles. The normalized spacial score (nSPS) is 16.0. The van der Waals surface area contributed by atoms with Gasteiger partial charge in [-0.3, -0.25) is 4.79 Å². The molecule has 1 saturated heterocycles. The number of hydrogen-bond donors (Lipinski definition) is 4. The van der Waals surface area contributed by atoms with Gasteiger partial charge < -0.3 is 27.0 Å². The van der Waals surface area contributed by atoms with Crippen LogP contribution in [0.4, 0.5) is 46.7 Å². The molecule has 15 heteroatoms. The first kappa shape index (κ1) is 23.0. The maximum Gasteiger partial charge on any atom is 0.405 e. The number of aromatic nitrogens is 5. The van der Waals surface area contributed by atoms with Crippen LogP contribution in [0.2, 0.25) is 0 Å². The van der Waals surface area contributed by atoms with E-state index in [1.54, 1.807) is 24.3 Å². The van der Waals surface area contributed by atoms with Crippen molar-refractivity contribution in [2.24, 2.45) is 0 Å². The van der Waals surface area contributed by atoms with Gasteiger partial charge in [-0.25, -0.2) is 9.37 Å². The molecule has 0 spiro atoms. The number of halogens is 4. The Bertz CT molecular complexity index is 1200. The van der Waals surface area contributed by atoms with E-state index in [1.807, 2.05) is 5.32 Å². The van der Waals surface area contributed by atoms with Gasteiger partial charge in [-0.2, -0.15) is 27.8 Å². The third-order valence-electron chi connectivity index (χ3n) is 4.97. The number of amides is 1. The summed E-state index contributed by atoms with van der Waals surface area (Å²) in [6.07, 6.45) is -2.99. The Morgan fingerprint density at radius 3 is 2.76 bits per heavy atom. The molecular formula is C19H20F4N10O. The average molecular weight is 480 g/mol. The molecule has 3 aromatic rings. The summed E-state index contributed by atoms with van der Waals surface area (Å²) in [5, 5.41) is 8.92. The van der Waals surface area contributed by atoms with Gasteiger partial charge in [-0.15, -0.1) is 5.10 Å². The summed E-state index contributed by atoms with van der Waals surface area (Å²) in [4.78, 5) is 25.7. The zero-order valence-electron chi connectivity index (χ0n) is 17.6. The van der Waals surface area contributed by atoms with E-state index in [-0.39, 0.29) is 36.6 Å². The van der Waals surface area contributed by atoms with Gasteiger partial charge in [0.05, 0.1) is 6.20 Å². The fourth-order valence-corrected chi connectivity index (χ4v) is 3.52. The monoisotopic (exact) mass is 480 g/mol. The second-order valence-electron chi connectivity index (χ2n) is 7.48. The lowest BCUT2D eigenvalue weighted by Crippen LogP contribution is -2.46. The molecule has 1 aromatic carbocycles. The van der Waals surface area contributed by atoms with Crippen molar-refractivity contribution in [3.63, 3.8) is 0 Å². The zero-order valence-corrected chi connectivity index (χ0v) is 17.6. The Hall–Kier alpha value is -4.17. The van der Waals surface area contributed by atoms with E-state index in [4.69, 9.17) is 11.5 Å². The lowest BCUT2D eigenvalue weighted by atomic mass is 10.2. The van der Waals surface area contributed by atoms with Crippen LogP contribution in [0.25, 0.3) is 5.95 Å². The maximum absolute atomic E-state index is 14.6. The zero-order chi connectivity index (χ0) is 24.5. The SMILES string of the molecule is Nc1cccc(Nc2nc(N)n(-c3ncc(F)c(N4CCCC4C(=O)NCC(F)(F)F)n3)n2)c1. The number of carbonyl (C=O) groups excluding carboxylic acids is 1. The summed E-state index contributed by atoms with van der Waals surface area (Å²) in [6, 6.07) is 5.80. The number of nitrogens with zero attached hydrogens (tertiary/aromatic N) is 6. The van der Waals surface area contributed by atoms with Crippen molar-refractivity contribution in [3.8, 4) is 5.95 Å². The maximum atomic E-state index is 14.6. The van der Waals surface area contributed by atoms with Crippen molar-refractivity contribution in [2.75, 3.05) is 34.8 Å². The average Bonchev–Trinajstić information content (AvgIpc) is 3.39. The summed E-state index contributed by atoms with van der Waals surface area (Å²) in [6.45, 7) is -1.27. The van der Waals surface area contributed by atoms with Crippen molar-refractivity contribution in [2.45, 2.75) is 25.1 Å². The first-order valence-corrected chi connectivity index (χ1v) is 10.1. The summed E-state index contributed by atoms with van der Waals surface area (Å²) in [5.74, 6) is -2.12. The Morgan fingerprint density at radius 1 is 1.24 bits per heavy atom. The number of anilines is 5. The van der Waals surface area contributed by atoms with Gasteiger partial charge in [0, 0.05) is 17.9 Å². The van der Waals surface area contributed by atoms with Crippen molar-refractivity contribution >= 4 is 35.0 Å². The van der Waals surface area contributed by atoms with E-state index in [2.05, 4.69) is 25.4 Å². The van der Waals surface area contributed by atoms with Gasteiger partial charge in [0.2, 0.25) is 17.8 Å². The minimum atomic E-state index is -4.56. The molecule has 1 unspecified atom stereocenters. The number of rotatable bonds is 6. The number of hydrogen-bond acceptors (Lipinski definition) is 9. The van der Waals surface area contributed by atoms with Crippen molar-refractivity contribution in [1.82, 2.24) is 30.0 Å². The third-order valence-corrected chi connectivity index (χ3v) is 4.97. The predicted molar refractivity (Wildman–Crippen MR) is 115 cm³/mol. The van der Waals surface area contributed by atoms with Crippen LogP contribution in [0.1, 0.15) is 12.8 Å². The summed E-state index contributed by atoms with van der Waals surface area (Å²) in [5.41, 5.74) is 12.8. The van der Waals surface area contributed by atoms with Crippen LogP contribution in [0.5, 0.6) is 0 Å². The molecule has 1 fully saturated rings. The fourth-order valence-electron chi connectivity index (χ4n) is 3.52. The molecule has 34 heavy (non-hydrogen) atoms. The molecule has 4 rings (SSSR count). The smallest absolute Gasteiger partial charge is 0.399 e. The Labute approximate surface area is 190 Å². The minimum Gasteiger partial charge on any atom is -0.399 e. The van der Waals surface area contributed by atoms with E-state index >= 15 is 0 Å². The number of carbonyl (C=O) groups is 1. The summed E-state index contributed by atoms with van der Waals surface area (Å²) < 4.78 is 53.1. The fraction of sp³-hybridized carbons (Fsp3) is 0.316. The van der Waals surface area contributed by atoms with Crippen LogP contribution in [0, 0.1) is 5.82 Å². The molecule has 6 N–H and O–H groups in total. The van der Waals surface area contributed by atoms with E-state index in [0.29, 0.717) is 17.8 Å². The van der Waals surface area contributed by atoms with Gasteiger partial charge in [0.1, 0.15) is 12.6 Å². The molecule has 0 bridgehead atoms. The molecule has 1 aliphatic rings.